The van der Waals surface area contributed by atoms with E-state index in [2.05, 4.69) is 29.8 Å². The van der Waals surface area contributed by atoms with Gasteiger partial charge in [0.05, 0.1) is 5.56 Å². The molecule has 1 amide bonds. The summed E-state index contributed by atoms with van der Waals surface area (Å²) in [6, 6.07) is 4.60. The number of carbonyl (C=O) groups excluding carboxylic acids is 1. The normalized spacial score (nSPS) is 14.9. The van der Waals surface area contributed by atoms with Gasteiger partial charge in [0.2, 0.25) is 0 Å². The van der Waals surface area contributed by atoms with E-state index >= 15 is 0 Å². The number of benzene rings is 1. The zero-order chi connectivity index (χ0) is 13.3. The van der Waals surface area contributed by atoms with Gasteiger partial charge in [-0.2, -0.15) is 0 Å². The zero-order valence-corrected chi connectivity index (χ0v) is 12.2. The van der Waals surface area contributed by atoms with E-state index < -0.39 is 0 Å². The summed E-state index contributed by atoms with van der Waals surface area (Å²) >= 11 is 3.26. The van der Waals surface area contributed by atoms with Crippen LogP contribution in [0.1, 0.15) is 37.0 Å². The molecular weight excluding hydrogens is 297 g/mol. The molecule has 0 atom stereocenters. The largest absolute Gasteiger partial charge is 0.335 e. The predicted octanol–water partition coefficient (Wildman–Crippen LogP) is 3.85. The van der Waals surface area contributed by atoms with E-state index in [1.807, 2.05) is 4.90 Å². The molecule has 0 heterocycles. The molecule has 0 N–H and O–H groups in total. The molecule has 1 aliphatic rings. The standard InChI is InChI=1S/C14H17BrFNO/c1-9(2)8-17(11-4-5-11)14(18)12-6-3-10(16)7-13(12)15/h3,6-7,9,11H,4-5,8H2,1-2H3. The van der Waals surface area contributed by atoms with Gasteiger partial charge >= 0.3 is 0 Å². The third kappa shape index (κ3) is 3.10. The van der Waals surface area contributed by atoms with Gasteiger partial charge in [0, 0.05) is 17.1 Å². The summed E-state index contributed by atoms with van der Waals surface area (Å²) in [5.41, 5.74) is 0.545. The van der Waals surface area contributed by atoms with E-state index in [0.717, 1.165) is 19.4 Å². The summed E-state index contributed by atoms with van der Waals surface area (Å²) in [6.07, 6.45) is 2.16. The van der Waals surface area contributed by atoms with Crippen LogP contribution in [0.3, 0.4) is 0 Å². The second kappa shape index (κ2) is 5.39. The lowest BCUT2D eigenvalue weighted by atomic mass is 10.1. The van der Waals surface area contributed by atoms with Crippen molar-refractivity contribution in [2.45, 2.75) is 32.7 Å². The van der Waals surface area contributed by atoms with Gasteiger partial charge in [-0.1, -0.05) is 13.8 Å². The molecule has 18 heavy (non-hydrogen) atoms. The Kier molecular flexibility index (Phi) is 4.05. The first-order valence-electron chi connectivity index (χ1n) is 6.25. The van der Waals surface area contributed by atoms with Gasteiger partial charge in [0.25, 0.3) is 5.91 Å². The fraction of sp³-hybridized carbons (Fsp3) is 0.500. The molecule has 0 spiro atoms. The lowest BCUT2D eigenvalue weighted by Crippen LogP contribution is -2.36. The van der Waals surface area contributed by atoms with Crippen LogP contribution < -0.4 is 0 Å². The van der Waals surface area contributed by atoms with E-state index in [1.165, 1.54) is 12.1 Å². The summed E-state index contributed by atoms with van der Waals surface area (Å²) in [6.45, 7) is 4.96. The monoisotopic (exact) mass is 313 g/mol. The Bertz CT molecular complexity index is 457. The van der Waals surface area contributed by atoms with Crippen molar-refractivity contribution in [1.29, 1.82) is 0 Å². The van der Waals surface area contributed by atoms with Crippen molar-refractivity contribution >= 4 is 21.8 Å². The van der Waals surface area contributed by atoms with Crippen LogP contribution in [0, 0.1) is 11.7 Å². The second-order valence-corrected chi connectivity index (χ2v) is 6.06. The number of amides is 1. The number of rotatable bonds is 4. The highest BCUT2D eigenvalue weighted by molar-refractivity contribution is 9.10. The van der Waals surface area contributed by atoms with Crippen LogP contribution >= 0.6 is 15.9 Å². The summed E-state index contributed by atoms with van der Waals surface area (Å²) in [5, 5.41) is 0. The summed E-state index contributed by atoms with van der Waals surface area (Å²) < 4.78 is 13.6. The fourth-order valence-corrected chi connectivity index (χ4v) is 2.52. The molecule has 0 unspecified atom stereocenters. The van der Waals surface area contributed by atoms with Crippen LogP contribution in [0.25, 0.3) is 0 Å². The molecule has 98 valence electrons. The number of halogens is 2. The van der Waals surface area contributed by atoms with Gasteiger partial charge in [-0.15, -0.1) is 0 Å². The van der Waals surface area contributed by atoms with Crippen molar-refractivity contribution in [2.24, 2.45) is 5.92 Å². The number of carbonyl (C=O) groups is 1. The highest BCUT2D eigenvalue weighted by Crippen LogP contribution is 2.30. The maximum Gasteiger partial charge on any atom is 0.255 e. The van der Waals surface area contributed by atoms with Crippen molar-refractivity contribution in [2.75, 3.05) is 6.54 Å². The molecule has 2 rings (SSSR count). The van der Waals surface area contributed by atoms with Crippen LogP contribution in [0.2, 0.25) is 0 Å². The summed E-state index contributed by atoms with van der Waals surface area (Å²) in [7, 11) is 0. The Balaban J connectivity index is 2.22. The molecule has 1 aromatic carbocycles. The number of hydrogen-bond donors (Lipinski definition) is 0. The lowest BCUT2D eigenvalue weighted by Gasteiger charge is -2.25. The molecule has 0 saturated heterocycles. The number of nitrogens with zero attached hydrogens (tertiary/aromatic N) is 1. The molecule has 0 radical (unpaired) electrons. The van der Waals surface area contributed by atoms with Crippen LogP contribution in [-0.4, -0.2) is 23.4 Å². The molecule has 0 bridgehead atoms. The molecule has 0 aromatic heterocycles. The van der Waals surface area contributed by atoms with Crippen molar-refractivity contribution in [3.8, 4) is 0 Å². The third-order valence-electron chi connectivity index (χ3n) is 2.97. The Morgan fingerprint density at radius 3 is 2.67 bits per heavy atom. The van der Waals surface area contributed by atoms with Crippen molar-refractivity contribution in [1.82, 2.24) is 4.90 Å². The highest BCUT2D eigenvalue weighted by atomic mass is 79.9. The van der Waals surface area contributed by atoms with Crippen molar-refractivity contribution in [3.05, 3.63) is 34.1 Å². The summed E-state index contributed by atoms with van der Waals surface area (Å²) in [5.74, 6) is 0.104. The summed E-state index contributed by atoms with van der Waals surface area (Å²) in [4.78, 5) is 14.4. The lowest BCUT2D eigenvalue weighted by molar-refractivity contribution is 0.0721. The minimum Gasteiger partial charge on any atom is -0.335 e. The molecule has 1 aromatic rings. The maximum atomic E-state index is 13.0. The maximum absolute atomic E-state index is 13.0. The molecule has 0 aliphatic heterocycles. The smallest absolute Gasteiger partial charge is 0.255 e. The molecule has 1 fully saturated rings. The van der Waals surface area contributed by atoms with Gasteiger partial charge < -0.3 is 4.90 Å². The Morgan fingerprint density at radius 1 is 1.50 bits per heavy atom. The minimum atomic E-state index is -0.333. The fourth-order valence-electron chi connectivity index (χ4n) is 2.00. The van der Waals surface area contributed by atoms with Crippen LogP contribution in [0.5, 0.6) is 0 Å². The number of hydrogen-bond acceptors (Lipinski definition) is 1. The topological polar surface area (TPSA) is 20.3 Å². The molecular formula is C14H17BrFNO. The second-order valence-electron chi connectivity index (χ2n) is 5.21. The zero-order valence-electron chi connectivity index (χ0n) is 10.6. The van der Waals surface area contributed by atoms with Gasteiger partial charge in [0.1, 0.15) is 5.82 Å². The van der Waals surface area contributed by atoms with Gasteiger partial charge in [-0.3, -0.25) is 4.79 Å². The molecule has 2 nitrogen and oxygen atoms in total. The van der Waals surface area contributed by atoms with Crippen molar-refractivity contribution in [3.63, 3.8) is 0 Å². The average Bonchev–Trinajstić information content (AvgIpc) is 3.08. The molecule has 1 aliphatic carbocycles. The van der Waals surface area contributed by atoms with Crippen LogP contribution in [-0.2, 0) is 0 Å². The van der Waals surface area contributed by atoms with E-state index in [4.69, 9.17) is 0 Å². The highest BCUT2D eigenvalue weighted by Gasteiger charge is 2.33. The Hall–Kier alpha value is -0.900. The molecule has 1 saturated carbocycles. The van der Waals surface area contributed by atoms with Gasteiger partial charge in [-0.25, -0.2) is 4.39 Å². The first kappa shape index (κ1) is 13.5. The average molecular weight is 314 g/mol. The van der Waals surface area contributed by atoms with E-state index in [9.17, 15) is 9.18 Å². The van der Waals surface area contributed by atoms with Gasteiger partial charge in [-0.05, 0) is 52.9 Å². The SMILES string of the molecule is CC(C)CN(C(=O)c1ccc(F)cc1Br)C1CC1. The first-order chi connectivity index (χ1) is 8.49. The van der Waals surface area contributed by atoms with Crippen LogP contribution in [0.15, 0.2) is 22.7 Å². The predicted molar refractivity (Wildman–Crippen MR) is 73.0 cm³/mol. The van der Waals surface area contributed by atoms with Crippen LogP contribution in [0.4, 0.5) is 4.39 Å². The molecule has 4 heteroatoms. The minimum absolute atomic E-state index is 0.00178. The Labute approximate surface area is 115 Å². The third-order valence-corrected chi connectivity index (χ3v) is 3.63. The van der Waals surface area contributed by atoms with E-state index in [1.54, 1.807) is 6.07 Å². The van der Waals surface area contributed by atoms with Crippen molar-refractivity contribution < 1.29 is 9.18 Å². The Morgan fingerprint density at radius 2 is 2.17 bits per heavy atom. The first-order valence-corrected chi connectivity index (χ1v) is 7.04. The van der Waals surface area contributed by atoms with Gasteiger partial charge in [0.15, 0.2) is 0 Å². The van der Waals surface area contributed by atoms with E-state index in [-0.39, 0.29) is 11.7 Å². The quantitative estimate of drug-likeness (QED) is 0.827. The van der Waals surface area contributed by atoms with E-state index in [0.29, 0.717) is 22.0 Å².